The van der Waals surface area contributed by atoms with E-state index in [1.54, 1.807) is 12.1 Å². The molecule has 3 rings (SSSR count). The maximum atomic E-state index is 13.2. The van der Waals surface area contributed by atoms with E-state index in [9.17, 15) is 17.6 Å². The molecule has 0 spiro atoms. The smallest absolute Gasteiger partial charge is 0.292 e. The first kappa shape index (κ1) is 17.9. The van der Waals surface area contributed by atoms with Crippen LogP contribution in [0.5, 0.6) is 0 Å². The van der Waals surface area contributed by atoms with Gasteiger partial charge in [0.05, 0.1) is 6.10 Å². The highest BCUT2D eigenvalue weighted by Crippen LogP contribution is 2.36. The lowest BCUT2D eigenvalue weighted by Crippen LogP contribution is -2.41. The topological polar surface area (TPSA) is 12.5 Å². The quantitative estimate of drug-likeness (QED) is 0.712. The molecule has 134 valence electrons. The second kappa shape index (κ2) is 7.54. The van der Waals surface area contributed by atoms with Crippen LogP contribution in [0.25, 0.3) is 0 Å². The molecule has 25 heavy (non-hydrogen) atoms. The van der Waals surface area contributed by atoms with Gasteiger partial charge in [-0.15, -0.1) is 13.2 Å². The molecule has 1 aliphatic heterocycles. The number of piperidine rings is 1. The number of halogens is 4. The van der Waals surface area contributed by atoms with Crippen molar-refractivity contribution in [2.75, 3.05) is 6.54 Å². The second-order valence-corrected chi connectivity index (χ2v) is 6.23. The summed E-state index contributed by atoms with van der Waals surface area (Å²) in [6.07, 6.45) is -5.00. The van der Waals surface area contributed by atoms with E-state index in [1.807, 2.05) is 30.3 Å². The lowest BCUT2D eigenvalue weighted by atomic mass is 9.92. The van der Waals surface area contributed by atoms with Crippen molar-refractivity contribution in [3.8, 4) is 0 Å². The first-order valence-electron chi connectivity index (χ1n) is 8.19. The molecule has 0 unspecified atom stereocenters. The average molecular weight is 353 g/mol. The highest BCUT2D eigenvalue weighted by Gasteiger charge is 2.38. The van der Waals surface area contributed by atoms with Crippen LogP contribution in [0.1, 0.15) is 30.0 Å². The molecular weight excluding hydrogens is 334 g/mol. The fourth-order valence-electron chi connectivity index (χ4n) is 3.32. The Labute approximate surface area is 144 Å². The van der Waals surface area contributed by atoms with E-state index in [-0.39, 0.29) is 18.3 Å². The van der Waals surface area contributed by atoms with Gasteiger partial charge in [0.2, 0.25) is 0 Å². The van der Waals surface area contributed by atoms with Gasteiger partial charge < -0.3 is 0 Å². The van der Waals surface area contributed by atoms with Gasteiger partial charge >= 0.3 is 6.36 Å². The summed E-state index contributed by atoms with van der Waals surface area (Å²) >= 11 is 0. The zero-order valence-corrected chi connectivity index (χ0v) is 13.5. The van der Waals surface area contributed by atoms with Gasteiger partial charge in [-0.25, -0.2) is 4.39 Å². The van der Waals surface area contributed by atoms with E-state index in [0.717, 1.165) is 11.1 Å². The fraction of sp³-hybridized carbons (Fsp3) is 0.368. The van der Waals surface area contributed by atoms with E-state index in [1.165, 1.54) is 12.1 Å². The summed E-state index contributed by atoms with van der Waals surface area (Å²) in [5, 5.41) is 0. The van der Waals surface area contributed by atoms with Crippen LogP contribution in [-0.4, -0.2) is 23.9 Å². The fourth-order valence-corrected chi connectivity index (χ4v) is 3.32. The summed E-state index contributed by atoms with van der Waals surface area (Å²) < 4.78 is 55.2. The molecule has 0 bridgehead atoms. The van der Waals surface area contributed by atoms with E-state index in [2.05, 4.69) is 9.64 Å². The van der Waals surface area contributed by atoms with Gasteiger partial charge in [-0.1, -0.05) is 42.5 Å². The Balaban J connectivity index is 1.79. The van der Waals surface area contributed by atoms with E-state index in [4.69, 9.17) is 0 Å². The molecule has 0 aliphatic carbocycles. The van der Waals surface area contributed by atoms with Crippen LogP contribution in [0.2, 0.25) is 0 Å². The third-order valence-corrected chi connectivity index (χ3v) is 4.45. The zero-order valence-electron chi connectivity index (χ0n) is 13.5. The van der Waals surface area contributed by atoms with Crippen molar-refractivity contribution < 1.29 is 22.3 Å². The SMILES string of the molecule is Fc1ccc([C@H]2C[C@@H](OC(F)(F)F)CCN2Cc2ccccc2)cc1. The van der Waals surface area contributed by atoms with Crippen molar-refractivity contribution in [1.82, 2.24) is 4.90 Å². The summed E-state index contributed by atoms with van der Waals surface area (Å²) in [5.41, 5.74) is 1.89. The third kappa shape index (κ3) is 5.03. The van der Waals surface area contributed by atoms with Gasteiger partial charge in [0.15, 0.2) is 0 Å². The van der Waals surface area contributed by atoms with Gasteiger partial charge in [-0.3, -0.25) is 9.64 Å². The van der Waals surface area contributed by atoms with Crippen molar-refractivity contribution in [2.24, 2.45) is 0 Å². The first-order chi connectivity index (χ1) is 11.9. The average Bonchev–Trinajstić information content (AvgIpc) is 2.57. The summed E-state index contributed by atoms with van der Waals surface area (Å²) in [4.78, 5) is 2.12. The number of hydrogen-bond acceptors (Lipinski definition) is 2. The number of likely N-dealkylation sites (tertiary alicyclic amines) is 1. The summed E-state index contributed by atoms with van der Waals surface area (Å²) in [7, 11) is 0. The maximum Gasteiger partial charge on any atom is 0.522 e. The van der Waals surface area contributed by atoms with Crippen LogP contribution >= 0.6 is 0 Å². The van der Waals surface area contributed by atoms with Crippen LogP contribution < -0.4 is 0 Å². The lowest BCUT2D eigenvalue weighted by molar-refractivity contribution is -0.347. The van der Waals surface area contributed by atoms with Gasteiger partial charge in [-0.2, -0.15) is 0 Å². The summed E-state index contributed by atoms with van der Waals surface area (Å²) in [5.74, 6) is -0.364. The van der Waals surface area contributed by atoms with Crippen molar-refractivity contribution in [1.29, 1.82) is 0 Å². The number of benzene rings is 2. The predicted molar refractivity (Wildman–Crippen MR) is 86.2 cm³/mol. The van der Waals surface area contributed by atoms with Crippen molar-refractivity contribution in [2.45, 2.75) is 37.9 Å². The predicted octanol–water partition coefficient (Wildman–Crippen LogP) is 5.07. The minimum atomic E-state index is -4.64. The molecule has 0 aromatic heterocycles. The Morgan fingerprint density at radius 3 is 2.32 bits per heavy atom. The monoisotopic (exact) mass is 353 g/mol. The number of ether oxygens (including phenoxy) is 1. The highest BCUT2D eigenvalue weighted by molar-refractivity contribution is 5.22. The van der Waals surface area contributed by atoms with E-state index in [0.29, 0.717) is 19.5 Å². The van der Waals surface area contributed by atoms with Crippen LogP contribution in [-0.2, 0) is 11.3 Å². The van der Waals surface area contributed by atoms with Crippen LogP contribution in [0.3, 0.4) is 0 Å². The minimum absolute atomic E-state index is 0.220. The molecule has 1 saturated heterocycles. The van der Waals surface area contributed by atoms with Crippen LogP contribution in [0.15, 0.2) is 54.6 Å². The molecule has 1 aliphatic rings. The Kier molecular flexibility index (Phi) is 5.39. The highest BCUT2D eigenvalue weighted by atomic mass is 19.4. The molecule has 2 nitrogen and oxygen atoms in total. The van der Waals surface area contributed by atoms with Crippen molar-refractivity contribution >= 4 is 0 Å². The Bertz CT molecular complexity index is 672. The van der Waals surface area contributed by atoms with Crippen LogP contribution in [0, 0.1) is 5.82 Å². The number of nitrogens with zero attached hydrogens (tertiary/aromatic N) is 1. The molecule has 1 fully saturated rings. The summed E-state index contributed by atoms with van der Waals surface area (Å²) in [6, 6.07) is 15.5. The molecular formula is C19H19F4NO. The Morgan fingerprint density at radius 1 is 1.00 bits per heavy atom. The molecule has 2 atom stereocenters. The number of alkyl halides is 3. The number of hydrogen-bond donors (Lipinski definition) is 0. The Hall–Kier alpha value is -1.92. The van der Waals surface area contributed by atoms with Crippen molar-refractivity contribution in [3.05, 3.63) is 71.5 Å². The molecule has 0 radical (unpaired) electrons. The van der Waals surface area contributed by atoms with Gasteiger partial charge in [-0.05, 0) is 36.1 Å². The standard InChI is InChI=1S/C19H19F4NO/c20-16-8-6-15(7-9-16)18-12-17(25-19(21,22)23)10-11-24(18)13-14-4-2-1-3-5-14/h1-9,17-18H,10-13H2/t17-,18+/m0/s1. The first-order valence-corrected chi connectivity index (χ1v) is 8.19. The normalized spacial score (nSPS) is 22.1. The van der Waals surface area contributed by atoms with Crippen LogP contribution in [0.4, 0.5) is 17.6 Å². The van der Waals surface area contributed by atoms with Gasteiger partial charge in [0, 0.05) is 19.1 Å². The van der Waals surface area contributed by atoms with Crippen molar-refractivity contribution in [3.63, 3.8) is 0 Å². The molecule has 0 saturated carbocycles. The van der Waals surface area contributed by atoms with Gasteiger partial charge in [0.1, 0.15) is 5.82 Å². The molecule has 0 amide bonds. The molecule has 2 aromatic carbocycles. The third-order valence-electron chi connectivity index (χ3n) is 4.45. The molecule has 1 heterocycles. The van der Waals surface area contributed by atoms with Gasteiger partial charge in [0.25, 0.3) is 0 Å². The minimum Gasteiger partial charge on any atom is -0.292 e. The zero-order chi connectivity index (χ0) is 17.9. The molecule has 6 heteroatoms. The Morgan fingerprint density at radius 2 is 1.68 bits per heavy atom. The molecule has 2 aromatic rings. The number of rotatable bonds is 4. The lowest BCUT2D eigenvalue weighted by Gasteiger charge is -2.39. The largest absolute Gasteiger partial charge is 0.522 e. The molecule has 0 N–H and O–H groups in total. The maximum absolute atomic E-state index is 13.2. The summed E-state index contributed by atoms with van der Waals surface area (Å²) in [6.45, 7) is 1.11. The van der Waals surface area contributed by atoms with E-state index >= 15 is 0 Å². The van der Waals surface area contributed by atoms with E-state index < -0.39 is 12.5 Å². The second-order valence-electron chi connectivity index (χ2n) is 6.23.